The van der Waals surface area contributed by atoms with Gasteiger partial charge >= 0.3 is 0 Å². The Morgan fingerprint density at radius 3 is 2.40 bits per heavy atom. The van der Waals surface area contributed by atoms with Gasteiger partial charge in [-0.15, -0.1) is 0 Å². The van der Waals surface area contributed by atoms with Crippen molar-refractivity contribution >= 4 is 21.4 Å². The second-order valence-electron chi connectivity index (χ2n) is 5.03. The van der Waals surface area contributed by atoms with Crippen LogP contribution in [0.3, 0.4) is 0 Å². The molecule has 7 nitrogen and oxygen atoms in total. The highest BCUT2D eigenvalue weighted by Crippen LogP contribution is 2.27. The molecule has 0 fully saturated rings. The van der Waals surface area contributed by atoms with Gasteiger partial charge in [0.2, 0.25) is 10.0 Å². The lowest BCUT2D eigenvalue weighted by molar-refractivity contribution is -0.384. The summed E-state index contributed by atoms with van der Waals surface area (Å²) < 4.78 is 27.1. The molecular weight excluding hydrogens is 282 g/mol. The van der Waals surface area contributed by atoms with Crippen LogP contribution in [-0.4, -0.2) is 25.9 Å². The maximum atomic E-state index is 12.2. The van der Waals surface area contributed by atoms with Crippen LogP contribution in [0.25, 0.3) is 0 Å². The smallest absolute Gasteiger partial charge is 0.292 e. The number of benzene rings is 1. The molecule has 0 spiro atoms. The zero-order chi connectivity index (χ0) is 15.6. The van der Waals surface area contributed by atoms with Crippen molar-refractivity contribution in [3.05, 3.63) is 28.3 Å². The number of nitro benzene ring substituents is 1. The van der Waals surface area contributed by atoms with Gasteiger partial charge in [0.1, 0.15) is 5.69 Å². The molecule has 0 bridgehead atoms. The lowest BCUT2D eigenvalue weighted by Gasteiger charge is -2.24. The molecule has 20 heavy (non-hydrogen) atoms. The van der Waals surface area contributed by atoms with E-state index in [1.54, 1.807) is 13.8 Å². The Morgan fingerprint density at radius 1 is 1.35 bits per heavy atom. The van der Waals surface area contributed by atoms with E-state index in [9.17, 15) is 18.5 Å². The first-order valence-electron chi connectivity index (χ1n) is 6.13. The maximum Gasteiger partial charge on any atom is 0.292 e. The van der Waals surface area contributed by atoms with Crippen LogP contribution < -0.4 is 10.0 Å². The zero-order valence-corrected chi connectivity index (χ0v) is 12.7. The molecule has 112 valence electrons. The second-order valence-corrected chi connectivity index (χ2v) is 6.71. The van der Waals surface area contributed by atoms with E-state index in [4.69, 9.17) is 0 Å². The third-order valence-electron chi connectivity index (χ3n) is 3.04. The monoisotopic (exact) mass is 301 g/mol. The first-order chi connectivity index (χ1) is 9.13. The van der Waals surface area contributed by atoms with E-state index in [-0.39, 0.29) is 16.3 Å². The van der Waals surface area contributed by atoms with Crippen LogP contribution >= 0.6 is 0 Å². The van der Waals surface area contributed by atoms with Crippen molar-refractivity contribution in [1.29, 1.82) is 0 Å². The second kappa shape index (κ2) is 5.76. The van der Waals surface area contributed by atoms with Crippen LogP contribution in [0.2, 0.25) is 0 Å². The lowest BCUT2D eigenvalue weighted by Crippen LogP contribution is -2.42. The molecule has 1 aromatic carbocycles. The molecule has 0 amide bonds. The van der Waals surface area contributed by atoms with Crippen LogP contribution in [0.4, 0.5) is 11.4 Å². The molecule has 1 aromatic rings. The number of nitrogens with one attached hydrogen (secondary N) is 2. The summed E-state index contributed by atoms with van der Waals surface area (Å²) in [6.45, 7) is 5.42. The van der Waals surface area contributed by atoms with Crippen molar-refractivity contribution < 1.29 is 13.3 Å². The van der Waals surface area contributed by atoms with Gasteiger partial charge in [0.25, 0.3) is 5.69 Å². The van der Waals surface area contributed by atoms with Crippen molar-refractivity contribution in [2.45, 2.75) is 37.6 Å². The summed E-state index contributed by atoms with van der Waals surface area (Å²) in [6.07, 6.45) is 0.623. The van der Waals surface area contributed by atoms with Gasteiger partial charge in [0.05, 0.1) is 9.82 Å². The van der Waals surface area contributed by atoms with Gasteiger partial charge in [-0.3, -0.25) is 10.1 Å². The molecule has 0 saturated carbocycles. The third-order valence-corrected chi connectivity index (χ3v) is 4.73. The molecule has 0 aliphatic carbocycles. The average Bonchev–Trinajstić information content (AvgIpc) is 2.36. The van der Waals surface area contributed by atoms with E-state index < -0.39 is 20.5 Å². The van der Waals surface area contributed by atoms with Gasteiger partial charge in [0, 0.05) is 18.7 Å². The fraction of sp³-hybridized carbons (Fsp3) is 0.500. The van der Waals surface area contributed by atoms with E-state index in [0.717, 1.165) is 0 Å². The van der Waals surface area contributed by atoms with Crippen LogP contribution in [0.5, 0.6) is 0 Å². The van der Waals surface area contributed by atoms with Crippen molar-refractivity contribution in [2.75, 3.05) is 12.4 Å². The van der Waals surface area contributed by atoms with Crippen LogP contribution in [0.1, 0.15) is 27.2 Å². The molecule has 0 radical (unpaired) electrons. The van der Waals surface area contributed by atoms with Crippen molar-refractivity contribution in [3.8, 4) is 0 Å². The highest BCUT2D eigenvalue weighted by Gasteiger charge is 2.26. The van der Waals surface area contributed by atoms with Crippen molar-refractivity contribution in [1.82, 2.24) is 4.72 Å². The Hall–Kier alpha value is -1.67. The van der Waals surface area contributed by atoms with Crippen molar-refractivity contribution in [3.63, 3.8) is 0 Å². The number of nitrogens with zero attached hydrogens (tertiary/aromatic N) is 1. The summed E-state index contributed by atoms with van der Waals surface area (Å²) in [7, 11) is -2.22. The topological polar surface area (TPSA) is 101 Å². The van der Waals surface area contributed by atoms with Crippen molar-refractivity contribution in [2.24, 2.45) is 0 Å². The standard InChI is InChI=1S/C12H19N3O4S/c1-5-12(2,3)14-20(18,19)9-6-7-11(15(16)17)10(8-9)13-4/h6-8,13-14H,5H2,1-4H3. The summed E-state index contributed by atoms with van der Waals surface area (Å²) in [5.74, 6) is 0. The van der Waals surface area contributed by atoms with E-state index in [2.05, 4.69) is 10.0 Å². The molecule has 0 aromatic heterocycles. The quantitative estimate of drug-likeness (QED) is 0.619. The van der Waals surface area contributed by atoms with Gasteiger partial charge in [-0.25, -0.2) is 13.1 Å². The highest BCUT2D eigenvalue weighted by molar-refractivity contribution is 7.89. The average molecular weight is 301 g/mol. The molecule has 2 N–H and O–H groups in total. The molecule has 0 aliphatic heterocycles. The van der Waals surface area contributed by atoms with Gasteiger partial charge in [0.15, 0.2) is 0 Å². The van der Waals surface area contributed by atoms with Gasteiger partial charge in [-0.05, 0) is 32.4 Å². The first-order valence-corrected chi connectivity index (χ1v) is 7.61. The fourth-order valence-electron chi connectivity index (χ4n) is 1.54. The molecule has 0 aliphatic rings. The normalized spacial score (nSPS) is 12.2. The Kier molecular flexibility index (Phi) is 4.72. The summed E-state index contributed by atoms with van der Waals surface area (Å²) >= 11 is 0. The molecule has 1 rings (SSSR count). The number of nitro groups is 1. The van der Waals surface area contributed by atoms with E-state index in [0.29, 0.717) is 6.42 Å². The van der Waals surface area contributed by atoms with Gasteiger partial charge in [-0.1, -0.05) is 6.92 Å². The predicted octanol–water partition coefficient (Wildman–Crippen LogP) is 2.10. The lowest BCUT2D eigenvalue weighted by atomic mass is 10.0. The highest BCUT2D eigenvalue weighted by atomic mass is 32.2. The molecular formula is C12H19N3O4S. The first kappa shape index (κ1) is 16.4. The SMILES string of the molecule is CCC(C)(C)NS(=O)(=O)c1ccc([N+](=O)[O-])c(NC)c1. The summed E-state index contributed by atoms with van der Waals surface area (Å²) in [4.78, 5) is 10.2. The summed E-state index contributed by atoms with van der Waals surface area (Å²) in [6, 6.07) is 3.67. The number of sulfonamides is 1. The Bertz CT molecular complexity index is 611. The molecule has 0 atom stereocenters. The number of rotatable bonds is 6. The van der Waals surface area contributed by atoms with E-state index >= 15 is 0 Å². The fourth-order valence-corrected chi connectivity index (χ4v) is 3.05. The largest absolute Gasteiger partial charge is 0.383 e. The molecule has 8 heteroatoms. The van der Waals surface area contributed by atoms with Crippen LogP contribution in [-0.2, 0) is 10.0 Å². The third kappa shape index (κ3) is 3.67. The van der Waals surface area contributed by atoms with Crippen LogP contribution in [0.15, 0.2) is 23.1 Å². The Morgan fingerprint density at radius 2 is 1.95 bits per heavy atom. The van der Waals surface area contributed by atoms with Gasteiger partial charge in [-0.2, -0.15) is 0 Å². The maximum absolute atomic E-state index is 12.2. The molecule has 0 unspecified atom stereocenters. The minimum atomic E-state index is -3.72. The van der Waals surface area contributed by atoms with E-state index in [1.807, 2.05) is 6.92 Å². The summed E-state index contributed by atoms with van der Waals surface area (Å²) in [5, 5.41) is 13.4. The van der Waals surface area contributed by atoms with Crippen LogP contribution in [0, 0.1) is 10.1 Å². The van der Waals surface area contributed by atoms with Gasteiger partial charge < -0.3 is 5.32 Å². The summed E-state index contributed by atoms with van der Waals surface area (Å²) in [5.41, 5.74) is -0.589. The Labute approximate surface area is 118 Å². The van der Waals surface area contributed by atoms with E-state index in [1.165, 1.54) is 25.2 Å². The zero-order valence-electron chi connectivity index (χ0n) is 11.9. The minimum absolute atomic E-state index is 0.00558. The molecule has 0 heterocycles. The number of anilines is 1. The number of hydrogen-bond donors (Lipinski definition) is 2. The predicted molar refractivity (Wildman–Crippen MR) is 77.3 cm³/mol. The number of hydrogen-bond acceptors (Lipinski definition) is 5. The minimum Gasteiger partial charge on any atom is -0.383 e. The molecule has 0 saturated heterocycles. The Balaban J connectivity index is 3.24.